The minimum atomic E-state index is -1.08. The average molecular weight is 285 g/mol. The van der Waals surface area contributed by atoms with Crippen molar-refractivity contribution in [2.75, 3.05) is 11.9 Å². The lowest BCUT2D eigenvalue weighted by atomic mass is 9.94. The van der Waals surface area contributed by atoms with Crippen molar-refractivity contribution in [2.24, 2.45) is 0 Å². The molecule has 3 rings (SSSR count). The number of carboxylic acid groups (broad SMARTS) is 1. The van der Waals surface area contributed by atoms with Crippen molar-refractivity contribution in [2.45, 2.75) is 38.1 Å². The molecule has 1 N–H and O–H groups in total. The van der Waals surface area contributed by atoms with Crippen molar-refractivity contribution in [3.63, 3.8) is 0 Å². The topological polar surface area (TPSA) is 66.3 Å². The maximum Gasteiger partial charge on any atom is 0.374 e. The maximum atomic E-state index is 11.3. The third-order valence-corrected chi connectivity index (χ3v) is 4.23. The van der Waals surface area contributed by atoms with E-state index in [0.29, 0.717) is 11.6 Å². The Kier molecular flexibility index (Phi) is 3.73. The van der Waals surface area contributed by atoms with Gasteiger partial charge in [-0.3, -0.25) is 0 Å². The molecule has 110 valence electrons. The Balaban J connectivity index is 2.08. The molecule has 1 aliphatic rings. The van der Waals surface area contributed by atoms with Crippen molar-refractivity contribution < 1.29 is 9.90 Å². The number of aromatic carboxylic acids is 1. The summed E-state index contributed by atoms with van der Waals surface area (Å²) in [5.74, 6) is -0.490. The van der Waals surface area contributed by atoms with Gasteiger partial charge in [-0.1, -0.05) is 31.4 Å². The molecular formula is C16H19N3O2. The summed E-state index contributed by atoms with van der Waals surface area (Å²) >= 11 is 0. The molecule has 0 amide bonds. The zero-order valence-corrected chi connectivity index (χ0v) is 12.1. The first-order valence-electron chi connectivity index (χ1n) is 7.40. The van der Waals surface area contributed by atoms with Crippen LogP contribution in [0.4, 0.5) is 5.82 Å². The Morgan fingerprint density at radius 1 is 1.19 bits per heavy atom. The van der Waals surface area contributed by atoms with E-state index in [1.807, 2.05) is 31.3 Å². The van der Waals surface area contributed by atoms with Gasteiger partial charge in [-0.05, 0) is 25.0 Å². The molecule has 0 atom stereocenters. The molecule has 21 heavy (non-hydrogen) atoms. The van der Waals surface area contributed by atoms with Crippen molar-refractivity contribution in [1.82, 2.24) is 9.97 Å². The standard InChI is InChI=1S/C16H19N3O2/c1-19(11-7-3-2-4-8-11)15-12-9-5-6-10-13(12)17-14(18-15)16(20)21/h5-6,9-11H,2-4,7-8H2,1H3,(H,20,21). The number of benzene rings is 1. The Morgan fingerprint density at radius 2 is 1.90 bits per heavy atom. The summed E-state index contributed by atoms with van der Waals surface area (Å²) in [6, 6.07) is 8.02. The van der Waals surface area contributed by atoms with E-state index >= 15 is 0 Å². The number of fused-ring (bicyclic) bond motifs is 1. The number of carbonyl (C=O) groups is 1. The van der Waals surface area contributed by atoms with E-state index in [2.05, 4.69) is 14.9 Å². The van der Waals surface area contributed by atoms with Gasteiger partial charge in [0.2, 0.25) is 5.82 Å². The second-order valence-corrected chi connectivity index (χ2v) is 5.60. The number of para-hydroxylation sites is 1. The highest BCUT2D eigenvalue weighted by Crippen LogP contribution is 2.29. The van der Waals surface area contributed by atoms with E-state index in [1.54, 1.807) is 0 Å². The Labute approximate surface area is 123 Å². The molecule has 1 heterocycles. The number of hydrogen-bond acceptors (Lipinski definition) is 4. The lowest BCUT2D eigenvalue weighted by molar-refractivity contribution is 0.0684. The van der Waals surface area contributed by atoms with Crippen LogP contribution in [0.5, 0.6) is 0 Å². The third kappa shape index (κ3) is 2.68. The summed E-state index contributed by atoms with van der Waals surface area (Å²) in [5, 5.41) is 10.1. The fraction of sp³-hybridized carbons (Fsp3) is 0.438. The summed E-state index contributed by atoms with van der Waals surface area (Å²) in [6.07, 6.45) is 6.01. The molecule has 5 heteroatoms. The molecule has 1 aromatic heterocycles. The molecule has 0 aliphatic heterocycles. The maximum absolute atomic E-state index is 11.3. The number of hydrogen-bond donors (Lipinski definition) is 1. The Morgan fingerprint density at radius 3 is 2.62 bits per heavy atom. The second-order valence-electron chi connectivity index (χ2n) is 5.60. The van der Waals surface area contributed by atoms with Gasteiger partial charge in [-0.15, -0.1) is 0 Å². The van der Waals surface area contributed by atoms with Gasteiger partial charge in [0.1, 0.15) is 5.82 Å². The van der Waals surface area contributed by atoms with Crippen LogP contribution in [0.25, 0.3) is 10.9 Å². The van der Waals surface area contributed by atoms with Crippen LogP contribution >= 0.6 is 0 Å². The molecule has 5 nitrogen and oxygen atoms in total. The van der Waals surface area contributed by atoms with Crippen LogP contribution in [-0.2, 0) is 0 Å². The van der Waals surface area contributed by atoms with Crippen LogP contribution in [0.3, 0.4) is 0 Å². The van der Waals surface area contributed by atoms with Crippen molar-refractivity contribution in [3.05, 3.63) is 30.1 Å². The van der Waals surface area contributed by atoms with Gasteiger partial charge in [0.15, 0.2) is 0 Å². The van der Waals surface area contributed by atoms with Crippen LogP contribution in [0, 0.1) is 0 Å². The molecule has 0 bridgehead atoms. The summed E-state index contributed by atoms with van der Waals surface area (Å²) < 4.78 is 0. The summed E-state index contributed by atoms with van der Waals surface area (Å²) in [7, 11) is 2.01. The van der Waals surface area contributed by atoms with Gasteiger partial charge in [0.25, 0.3) is 0 Å². The zero-order valence-electron chi connectivity index (χ0n) is 12.1. The van der Waals surface area contributed by atoms with E-state index < -0.39 is 5.97 Å². The fourth-order valence-electron chi connectivity index (χ4n) is 3.07. The summed E-state index contributed by atoms with van der Waals surface area (Å²) in [6.45, 7) is 0. The first-order chi connectivity index (χ1) is 10.2. The lowest BCUT2D eigenvalue weighted by Gasteiger charge is -2.32. The van der Waals surface area contributed by atoms with E-state index in [4.69, 9.17) is 0 Å². The van der Waals surface area contributed by atoms with E-state index in [0.717, 1.165) is 24.0 Å². The molecule has 1 aliphatic carbocycles. The van der Waals surface area contributed by atoms with Crippen molar-refractivity contribution in [1.29, 1.82) is 0 Å². The highest BCUT2D eigenvalue weighted by molar-refractivity contribution is 5.93. The number of nitrogens with zero attached hydrogens (tertiary/aromatic N) is 3. The van der Waals surface area contributed by atoms with Gasteiger partial charge >= 0.3 is 5.97 Å². The van der Waals surface area contributed by atoms with Crippen LogP contribution in [0.15, 0.2) is 24.3 Å². The molecule has 0 radical (unpaired) electrons. The molecule has 2 aromatic rings. The zero-order chi connectivity index (χ0) is 14.8. The highest BCUT2D eigenvalue weighted by atomic mass is 16.4. The van der Waals surface area contributed by atoms with E-state index in [-0.39, 0.29) is 5.82 Å². The van der Waals surface area contributed by atoms with Crippen LogP contribution in [0.1, 0.15) is 42.7 Å². The van der Waals surface area contributed by atoms with E-state index in [1.165, 1.54) is 19.3 Å². The molecule has 0 spiro atoms. The molecule has 1 saturated carbocycles. The number of carboxylic acids is 1. The molecule has 1 fully saturated rings. The predicted octanol–water partition coefficient (Wildman–Crippen LogP) is 3.10. The molecular weight excluding hydrogens is 266 g/mol. The SMILES string of the molecule is CN(c1nc(C(=O)O)nc2ccccc12)C1CCCCC1. The largest absolute Gasteiger partial charge is 0.475 e. The molecule has 0 unspecified atom stereocenters. The van der Waals surface area contributed by atoms with Gasteiger partial charge in [-0.2, -0.15) is 0 Å². The Bertz CT molecular complexity index is 666. The summed E-state index contributed by atoms with van der Waals surface area (Å²) in [5.41, 5.74) is 0.683. The number of aromatic nitrogens is 2. The number of rotatable bonds is 3. The first kappa shape index (κ1) is 13.8. The smallest absolute Gasteiger partial charge is 0.374 e. The fourth-order valence-corrected chi connectivity index (χ4v) is 3.07. The molecule has 1 aromatic carbocycles. The van der Waals surface area contributed by atoms with Crippen molar-refractivity contribution >= 4 is 22.7 Å². The van der Waals surface area contributed by atoms with Gasteiger partial charge < -0.3 is 10.0 Å². The molecule has 0 saturated heterocycles. The van der Waals surface area contributed by atoms with Crippen LogP contribution < -0.4 is 4.90 Å². The number of anilines is 1. The van der Waals surface area contributed by atoms with E-state index in [9.17, 15) is 9.90 Å². The quantitative estimate of drug-likeness (QED) is 0.938. The minimum Gasteiger partial charge on any atom is -0.475 e. The second kappa shape index (κ2) is 5.68. The van der Waals surface area contributed by atoms with Gasteiger partial charge in [0.05, 0.1) is 5.52 Å². The monoisotopic (exact) mass is 285 g/mol. The van der Waals surface area contributed by atoms with Gasteiger partial charge in [-0.25, -0.2) is 14.8 Å². The summed E-state index contributed by atoms with van der Waals surface area (Å²) in [4.78, 5) is 21.8. The van der Waals surface area contributed by atoms with Crippen molar-refractivity contribution in [3.8, 4) is 0 Å². The lowest BCUT2D eigenvalue weighted by Crippen LogP contribution is -2.34. The van der Waals surface area contributed by atoms with Crippen LogP contribution in [-0.4, -0.2) is 34.1 Å². The van der Waals surface area contributed by atoms with Gasteiger partial charge in [0, 0.05) is 18.5 Å². The third-order valence-electron chi connectivity index (χ3n) is 4.23. The first-order valence-corrected chi connectivity index (χ1v) is 7.40. The van der Waals surface area contributed by atoms with Crippen LogP contribution in [0.2, 0.25) is 0 Å². The average Bonchev–Trinajstić information content (AvgIpc) is 2.54. The normalized spacial score (nSPS) is 16.0. The predicted molar refractivity (Wildman–Crippen MR) is 81.8 cm³/mol. The highest BCUT2D eigenvalue weighted by Gasteiger charge is 2.22. The minimum absolute atomic E-state index is 0.133. The Hall–Kier alpha value is -2.17.